The fraction of sp³-hybridized carbons (Fsp3) is 0.158. The van der Waals surface area contributed by atoms with Gasteiger partial charge in [0.25, 0.3) is 0 Å². The van der Waals surface area contributed by atoms with Crippen LogP contribution in [0.5, 0.6) is 11.5 Å². The largest absolute Gasteiger partial charge is 0.495 e. The zero-order chi connectivity index (χ0) is 20.1. The fourth-order valence-electron chi connectivity index (χ4n) is 2.32. The van der Waals surface area contributed by atoms with Crippen molar-refractivity contribution in [1.82, 2.24) is 5.16 Å². The van der Waals surface area contributed by atoms with Crippen LogP contribution < -0.4 is 9.47 Å². The van der Waals surface area contributed by atoms with Crippen LogP contribution in [0.1, 0.15) is 5.69 Å². The summed E-state index contributed by atoms with van der Waals surface area (Å²) in [5.74, 6) is 0.859. The highest BCUT2D eigenvalue weighted by atomic mass is 35.5. The van der Waals surface area contributed by atoms with Crippen LogP contribution in [0.4, 0.5) is 0 Å². The van der Waals surface area contributed by atoms with Gasteiger partial charge in [0.05, 0.1) is 22.7 Å². The molecule has 3 aromatic rings. The molecule has 0 aliphatic heterocycles. The Balaban J connectivity index is 1.71. The second kappa shape index (κ2) is 9.23. The molecule has 9 heteroatoms. The molecule has 1 aromatic heterocycles. The molecule has 0 saturated heterocycles. The van der Waals surface area contributed by atoms with Crippen molar-refractivity contribution in [1.29, 1.82) is 0 Å². The highest BCUT2D eigenvalue weighted by molar-refractivity contribution is 7.98. The first-order chi connectivity index (χ1) is 13.5. The Labute approximate surface area is 175 Å². The number of rotatable bonds is 8. The summed E-state index contributed by atoms with van der Waals surface area (Å²) in [4.78, 5) is 11.4. The quantitative estimate of drug-likeness (QED) is 0.469. The van der Waals surface area contributed by atoms with E-state index in [4.69, 9.17) is 42.3 Å². The van der Waals surface area contributed by atoms with E-state index >= 15 is 0 Å². The van der Waals surface area contributed by atoms with Gasteiger partial charge in [-0.2, -0.15) is 0 Å². The molecule has 0 fully saturated rings. The Morgan fingerprint density at radius 3 is 2.61 bits per heavy atom. The minimum absolute atomic E-state index is 0.247. The summed E-state index contributed by atoms with van der Waals surface area (Å²) >= 11 is 13.5. The first-order valence-corrected chi connectivity index (χ1v) is 9.77. The van der Waals surface area contributed by atoms with E-state index in [0.29, 0.717) is 27.3 Å². The number of hydrogen-bond donors (Lipinski definition) is 1. The molecule has 1 heterocycles. The molecule has 0 aliphatic carbocycles. The van der Waals surface area contributed by atoms with Crippen LogP contribution in [0.15, 0.2) is 51.9 Å². The maximum atomic E-state index is 10.7. The summed E-state index contributed by atoms with van der Waals surface area (Å²) in [6.45, 7) is -0.484. The van der Waals surface area contributed by atoms with Crippen molar-refractivity contribution in [2.24, 2.45) is 0 Å². The molecule has 3 rings (SSSR count). The van der Waals surface area contributed by atoms with Crippen LogP contribution in [0.3, 0.4) is 0 Å². The van der Waals surface area contributed by atoms with E-state index in [9.17, 15) is 4.79 Å². The summed E-state index contributed by atoms with van der Waals surface area (Å²) < 4.78 is 15.9. The Morgan fingerprint density at radius 2 is 1.93 bits per heavy atom. The van der Waals surface area contributed by atoms with E-state index in [-0.39, 0.29) is 5.75 Å². The minimum atomic E-state index is -1.09. The number of aliphatic carboxylic acids is 1. The number of hydrogen-bond acceptors (Lipinski definition) is 6. The van der Waals surface area contributed by atoms with E-state index in [2.05, 4.69) is 5.16 Å². The molecule has 0 atom stereocenters. The first kappa shape index (κ1) is 20.4. The lowest BCUT2D eigenvalue weighted by atomic mass is 10.2. The summed E-state index contributed by atoms with van der Waals surface area (Å²) in [5, 5.41) is 13.8. The summed E-state index contributed by atoms with van der Waals surface area (Å²) in [7, 11) is 1.52. The average molecular weight is 440 g/mol. The minimum Gasteiger partial charge on any atom is -0.495 e. The van der Waals surface area contributed by atoms with Crippen molar-refractivity contribution in [2.75, 3.05) is 13.7 Å². The zero-order valence-electron chi connectivity index (χ0n) is 14.6. The normalized spacial score (nSPS) is 10.7. The molecule has 0 amide bonds. The number of halogens is 2. The first-order valence-electron chi connectivity index (χ1n) is 8.02. The van der Waals surface area contributed by atoms with Gasteiger partial charge in [0.15, 0.2) is 12.4 Å². The van der Waals surface area contributed by atoms with Crippen LogP contribution in [-0.2, 0) is 10.5 Å². The molecule has 0 unspecified atom stereocenters. The lowest BCUT2D eigenvalue weighted by Crippen LogP contribution is -2.09. The Bertz CT molecular complexity index is 975. The highest BCUT2D eigenvalue weighted by Crippen LogP contribution is 2.39. The van der Waals surface area contributed by atoms with Crippen LogP contribution in [0, 0.1) is 0 Å². The van der Waals surface area contributed by atoms with Gasteiger partial charge in [-0.1, -0.05) is 28.4 Å². The second-order valence-corrected chi connectivity index (χ2v) is 7.45. The molecule has 28 heavy (non-hydrogen) atoms. The van der Waals surface area contributed by atoms with Gasteiger partial charge in [-0.05, 0) is 30.3 Å². The summed E-state index contributed by atoms with van der Waals surface area (Å²) in [6.07, 6.45) is 0. The van der Waals surface area contributed by atoms with Gasteiger partial charge < -0.3 is 19.1 Å². The van der Waals surface area contributed by atoms with Gasteiger partial charge in [-0.15, -0.1) is 11.8 Å². The molecule has 0 radical (unpaired) electrons. The van der Waals surface area contributed by atoms with Gasteiger partial charge in [-0.25, -0.2) is 4.79 Å². The van der Waals surface area contributed by atoms with Gasteiger partial charge in [-0.3, -0.25) is 0 Å². The maximum absolute atomic E-state index is 10.7. The molecule has 2 aromatic carbocycles. The number of thioether (sulfide) groups is 1. The molecule has 0 spiro atoms. The predicted molar refractivity (Wildman–Crippen MR) is 108 cm³/mol. The number of methoxy groups -OCH3 is 1. The van der Waals surface area contributed by atoms with Crippen molar-refractivity contribution in [3.63, 3.8) is 0 Å². The third-order valence-corrected chi connectivity index (χ3v) is 5.25. The lowest BCUT2D eigenvalue weighted by molar-refractivity contribution is -0.139. The van der Waals surface area contributed by atoms with Gasteiger partial charge in [0.1, 0.15) is 11.5 Å². The standard InChI is InChI=1S/C19H15Cl2NO5S/c1-25-17-8-16(26-9-19(23)24)14(21)7-18(17)28-10-13-6-15(27-22-13)11-2-4-12(20)5-3-11/h2-8H,9-10H2,1H3,(H,23,24). The van der Waals surface area contributed by atoms with E-state index in [1.165, 1.54) is 18.9 Å². The molecule has 146 valence electrons. The summed E-state index contributed by atoms with van der Waals surface area (Å²) in [5.41, 5.74) is 1.63. The van der Waals surface area contributed by atoms with Crippen molar-refractivity contribution in [3.05, 3.63) is 58.2 Å². The number of carboxylic acids is 1. The molecule has 6 nitrogen and oxygen atoms in total. The van der Waals surface area contributed by atoms with E-state index < -0.39 is 12.6 Å². The van der Waals surface area contributed by atoms with Crippen molar-refractivity contribution < 1.29 is 23.9 Å². The van der Waals surface area contributed by atoms with Gasteiger partial charge in [0.2, 0.25) is 0 Å². The van der Waals surface area contributed by atoms with Crippen LogP contribution in [0.25, 0.3) is 11.3 Å². The zero-order valence-corrected chi connectivity index (χ0v) is 17.0. The van der Waals surface area contributed by atoms with Crippen molar-refractivity contribution in [2.45, 2.75) is 10.6 Å². The Morgan fingerprint density at radius 1 is 1.18 bits per heavy atom. The number of aromatic nitrogens is 1. The smallest absolute Gasteiger partial charge is 0.341 e. The Kier molecular flexibility index (Phi) is 6.72. The van der Waals surface area contributed by atoms with Crippen LogP contribution in [0.2, 0.25) is 10.0 Å². The molecule has 1 N–H and O–H groups in total. The van der Waals surface area contributed by atoms with Gasteiger partial charge in [0, 0.05) is 28.5 Å². The fourth-order valence-corrected chi connectivity index (χ4v) is 3.65. The Hall–Kier alpha value is -2.35. The number of carbonyl (C=O) groups is 1. The summed E-state index contributed by atoms with van der Waals surface area (Å²) in [6, 6.07) is 12.4. The van der Waals surface area contributed by atoms with Gasteiger partial charge >= 0.3 is 5.97 Å². The SMILES string of the molecule is COc1cc(OCC(=O)O)c(Cl)cc1SCc1cc(-c2ccc(Cl)cc2)on1. The predicted octanol–water partition coefficient (Wildman–Crippen LogP) is 5.41. The number of nitrogens with zero attached hydrogens (tertiary/aromatic N) is 1. The number of carboxylic acid groups (broad SMARTS) is 1. The molecule has 0 aliphatic rings. The van der Waals surface area contributed by atoms with Crippen molar-refractivity contribution >= 4 is 40.9 Å². The van der Waals surface area contributed by atoms with Crippen LogP contribution >= 0.6 is 35.0 Å². The monoisotopic (exact) mass is 439 g/mol. The molecular formula is C19H15Cl2NO5S. The highest BCUT2D eigenvalue weighted by Gasteiger charge is 2.14. The maximum Gasteiger partial charge on any atom is 0.341 e. The van der Waals surface area contributed by atoms with E-state index in [1.807, 2.05) is 18.2 Å². The molecule has 0 bridgehead atoms. The van der Waals surface area contributed by atoms with E-state index in [1.54, 1.807) is 24.3 Å². The molecular weight excluding hydrogens is 425 g/mol. The average Bonchev–Trinajstić information content (AvgIpc) is 3.15. The molecule has 0 saturated carbocycles. The lowest BCUT2D eigenvalue weighted by Gasteiger charge is -2.12. The van der Waals surface area contributed by atoms with Crippen molar-refractivity contribution in [3.8, 4) is 22.8 Å². The second-order valence-electron chi connectivity index (χ2n) is 5.59. The third kappa shape index (κ3) is 5.13. The topological polar surface area (TPSA) is 81.8 Å². The number of benzene rings is 2. The van der Waals surface area contributed by atoms with Crippen LogP contribution in [-0.4, -0.2) is 29.9 Å². The van der Waals surface area contributed by atoms with E-state index in [0.717, 1.165) is 16.2 Å². The number of ether oxygens (including phenoxy) is 2. The third-order valence-electron chi connectivity index (χ3n) is 3.63.